The van der Waals surface area contributed by atoms with Gasteiger partial charge < -0.3 is 20.7 Å². The van der Waals surface area contributed by atoms with Gasteiger partial charge in [0.2, 0.25) is 0 Å². The second-order valence-corrected chi connectivity index (χ2v) is 7.76. The lowest BCUT2D eigenvalue weighted by Gasteiger charge is -2.15. The van der Waals surface area contributed by atoms with E-state index in [1.54, 1.807) is 0 Å². The number of carbonyl (C=O) groups is 2. The van der Waals surface area contributed by atoms with Crippen molar-refractivity contribution in [3.05, 3.63) is 45.7 Å². The Morgan fingerprint density at radius 3 is 2.89 bits per heavy atom. The van der Waals surface area contributed by atoms with Crippen molar-refractivity contribution in [2.24, 2.45) is 0 Å². The maximum absolute atomic E-state index is 12.5. The molecule has 1 aliphatic carbocycles. The minimum absolute atomic E-state index is 0.136. The third-order valence-electron chi connectivity index (χ3n) is 4.75. The first-order valence-electron chi connectivity index (χ1n) is 9.38. The Kier molecular flexibility index (Phi) is 5.63. The van der Waals surface area contributed by atoms with Crippen LogP contribution < -0.4 is 16.0 Å². The van der Waals surface area contributed by atoms with E-state index in [4.69, 9.17) is 4.74 Å². The average molecular weight is 448 g/mol. The minimum Gasteiger partial charge on any atom is -0.376 e. The highest BCUT2D eigenvalue weighted by Crippen LogP contribution is 2.24. The zero-order valence-electron chi connectivity index (χ0n) is 15.3. The summed E-state index contributed by atoms with van der Waals surface area (Å²) in [7, 11) is 0. The Labute approximate surface area is 171 Å². The van der Waals surface area contributed by atoms with Crippen LogP contribution in [0.1, 0.15) is 34.6 Å². The summed E-state index contributed by atoms with van der Waals surface area (Å²) in [5.74, 6) is -0.136. The number of rotatable bonds is 6. The minimum atomic E-state index is -0.289. The lowest BCUT2D eigenvalue weighted by Crippen LogP contribution is -2.32. The quantitative estimate of drug-likeness (QED) is 0.633. The molecule has 2 aromatic rings. The fourth-order valence-electron chi connectivity index (χ4n) is 3.16. The van der Waals surface area contributed by atoms with Crippen molar-refractivity contribution in [2.45, 2.75) is 38.5 Å². The number of nitrogens with one attached hydrogen (secondary N) is 3. The maximum Gasteiger partial charge on any atom is 0.319 e. The molecule has 1 aliphatic heterocycles. The predicted octanol–water partition coefficient (Wildman–Crippen LogP) is 2.43. The highest BCUT2D eigenvalue weighted by Gasteiger charge is 2.29. The van der Waals surface area contributed by atoms with E-state index >= 15 is 0 Å². The standard InChI is InChI=1S/C19H22BrN5O3/c20-14-3-1-2-4-15(14)23-19(27)21-8-9-25-16-7-10-28-11-13(16)17(24-25)18(26)22-12-5-6-12/h1-4,12H,5-11H2,(H,22,26)(H2,21,23,27). The van der Waals surface area contributed by atoms with Crippen LogP contribution in [0.5, 0.6) is 0 Å². The van der Waals surface area contributed by atoms with E-state index in [0.717, 1.165) is 28.6 Å². The smallest absolute Gasteiger partial charge is 0.319 e. The van der Waals surface area contributed by atoms with E-state index in [0.29, 0.717) is 44.1 Å². The van der Waals surface area contributed by atoms with E-state index in [1.165, 1.54) is 0 Å². The average Bonchev–Trinajstić information content (AvgIpc) is 3.43. The number of halogens is 1. The topological polar surface area (TPSA) is 97.3 Å². The van der Waals surface area contributed by atoms with E-state index < -0.39 is 0 Å². The van der Waals surface area contributed by atoms with Gasteiger partial charge >= 0.3 is 6.03 Å². The Balaban J connectivity index is 1.37. The van der Waals surface area contributed by atoms with Gasteiger partial charge in [-0.25, -0.2) is 4.79 Å². The van der Waals surface area contributed by atoms with Gasteiger partial charge in [0.05, 0.1) is 25.4 Å². The number of amides is 3. The van der Waals surface area contributed by atoms with Gasteiger partial charge in [-0.3, -0.25) is 9.48 Å². The summed E-state index contributed by atoms with van der Waals surface area (Å²) in [6.07, 6.45) is 2.77. The molecule has 8 nitrogen and oxygen atoms in total. The molecule has 0 saturated heterocycles. The van der Waals surface area contributed by atoms with Gasteiger partial charge in [0.25, 0.3) is 5.91 Å². The van der Waals surface area contributed by atoms with Crippen LogP contribution in [-0.2, 0) is 24.3 Å². The van der Waals surface area contributed by atoms with Gasteiger partial charge in [-0.2, -0.15) is 5.10 Å². The zero-order valence-corrected chi connectivity index (χ0v) is 16.9. The van der Waals surface area contributed by atoms with Gasteiger partial charge in [-0.15, -0.1) is 0 Å². The Hall–Kier alpha value is -2.39. The molecule has 4 rings (SSSR count). The summed E-state index contributed by atoms with van der Waals surface area (Å²) in [4.78, 5) is 24.6. The number of urea groups is 1. The van der Waals surface area contributed by atoms with Crippen LogP contribution in [0.2, 0.25) is 0 Å². The van der Waals surface area contributed by atoms with E-state index in [9.17, 15) is 9.59 Å². The summed E-state index contributed by atoms with van der Waals surface area (Å²) in [6, 6.07) is 7.41. The molecule has 0 radical (unpaired) electrons. The van der Waals surface area contributed by atoms with Crippen molar-refractivity contribution in [3.63, 3.8) is 0 Å². The molecule has 2 aliphatic rings. The SMILES string of the molecule is O=C(NCCn1nc(C(=O)NC2CC2)c2c1CCOC2)Nc1ccccc1Br. The fourth-order valence-corrected chi connectivity index (χ4v) is 3.55. The molecule has 0 atom stereocenters. The van der Waals surface area contributed by atoms with Gasteiger partial charge in [-0.1, -0.05) is 12.1 Å². The summed E-state index contributed by atoms with van der Waals surface area (Å²) in [6.45, 7) is 1.90. The number of carbonyl (C=O) groups excluding carboxylic acids is 2. The highest BCUT2D eigenvalue weighted by atomic mass is 79.9. The molecule has 28 heavy (non-hydrogen) atoms. The molecule has 1 aromatic heterocycles. The number of hydrogen-bond donors (Lipinski definition) is 3. The van der Waals surface area contributed by atoms with Crippen molar-refractivity contribution in [1.29, 1.82) is 0 Å². The second-order valence-electron chi connectivity index (χ2n) is 6.91. The first-order valence-corrected chi connectivity index (χ1v) is 10.2. The number of benzene rings is 1. The molecule has 1 aromatic carbocycles. The fraction of sp³-hybridized carbons (Fsp3) is 0.421. The second kappa shape index (κ2) is 8.32. The van der Waals surface area contributed by atoms with Crippen LogP contribution in [0.3, 0.4) is 0 Å². The summed E-state index contributed by atoms with van der Waals surface area (Å²) in [5, 5.41) is 13.1. The number of fused-ring (bicyclic) bond motifs is 1. The first-order chi connectivity index (χ1) is 13.6. The summed E-state index contributed by atoms with van der Waals surface area (Å²) in [5.41, 5.74) is 3.02. The molecule has 9 heteroatoms. The molecule has 1 fully saturated rings. The van der Waals surface area contributed by atoms with E-state index in [2.05, 4.69) is 37.0 Å². The molecule has 0 spiro atoms. The molecule has 3 N–H and O–H groups in total. The van der Waals surface area contributed by atoms with Crippen molar-refractivity contribution in [2.75, 3.05) is 18.5 Å². The molecular formula is C19H22BrN5O3. The Morgan fingerprint density at radius 1 is 1.29 bits per heavy atom. The van der Waals surface area contributed by atoms with Crippen LogP contribution in [0.25, 0.3) is 0 Å². The van der Waals surface area contributed by atoms with Crippen LogP contribution in [0, 0.1) is 0 Å². The number of anilines is 1. The highest BCUT2D eigenvalue weighted by molar-refractivity contribution is 9.10. The van der Waals surface area contributed by atoms with Crippen molar-refractivity contribution in [3.8, 4) is 0 Å². The normalized spacial score (nSPS) is 15.6. The maximum atomic E-state index is 12.5. The molecule has 0 unspecified atom stereocenters. The zero-order chi connectivity index (χ0) is 19.5. The lowest BCUT2D eigenvalue weighted by atomic mass is 10.1. The number of aromatic nitrogens is 2. The Morgan fingerprint density at radius 2 is 2.11 bits per heavy atom. The number of ether oxygens (including phenoxy) is 1. The molecule has 148 valence electrons. The van der Waals surface area contributed by atoms with Crippen molar-refractivity contribution in [1.82, 2.24) is 20.4 Å². The van der Waals surface area contributed by atoms with Crippen molar-refractivity contribution >= 4 is 33.6 Å². The van der Waals surface area contributed by atoms with E-state index in [-0.39, 0.29) is 18.0 Å². The van der Waals surface area contributed by atoms with Gasteiger partial charge in [0.1, 0.15) is 0 Å². The van der Waals surface area contributed by atoms with Gasteiger partial charge in [-0.05, 0) is 40.9 Å². The van der Waals surface area contributed by atoms with Gasteiger partial charge in [0.15, 0.2) is 5.69 Å². The third kappa shape index (κ3) is 4.36. The number of para-hydroxylation sites is 1. The van der Waals surface area contributed by atoms with Crippen LogP contribution in [-0.4, -0.2) is 40.9 Å². The summed E-state index contributed by atoms with van der Waals surface area (Å²) >= 11 is 3.40. The van der Waals surface area contributed by atoms with Crippen LogP contribution in [0.4, 0.5) is 10.5 Å². The largest absolute Gasteiger partial charge is 0.376 e. The van der Waals surface area contributed by atoms with Crippen molar-refractivity contribution < 1.29 is 14.3 Å². The monoisotopic (exact) mass is 447 g/mol. The number of nitrogens with zero attached hydrogens (tertiary/aromatic N) is 2. The molecule has 1 saturated carbocycles. The molecule has 2 heterocycles. The first kappa shape index (κ1) is 18.9. The van der Waals surface area contributed by atoms with Gasteiger partial charge in [0, 0.05) is 34.7 Å². The molecular weight excluding hydrogens is 426 g/mol. The van der Waals surface area contributed by atoms with Crippen LogP contribution in [0.15, 0.2) is 28.7 Å². The lowest BCUT2D eigenvalue weighted by molar-refractivity contribution is 0.0922. The Bertz CT molecular complexity index is 894. The molecule has 3 amide bonds. The predicted molar refractivity (Wildman–Crippen MR) is 107 cm³/mol. The summed E-state index contributed by atoms with van der Waals surface area (Å²) < 4.78 is 8.16. The molecule has 0 bridgehead atoms. The van der Waals surface area contributed by atoms with E-state index in [1.807, 2.05) is 28.9 Å². The third-order valence-corrected chi connectivity index (χ3v) is 5.45. The number of hydrogen-bond acceptors (Lipinski definition) is 4. The van der Waals surface area contributed by atoms with Crippen LogP contribution >= 0.6 is 15.9 Å².